The van der Waals surface area contributed by atoms with Gasteiger partial charge in [0.05, 0.1) is 11.1 Å². The molecule has 2 aliphatic heterocycles. The number of carbonyl (C=O) groups is 1. The lowest BCUT2D eigenvalue weighted by atomic mass is 9.84. The monoisotopic (exact) mass is 315 g/mol. The van der Waals surface area contributed by atoms with Crippen LogP contribution in [0.25, 0.3) is 0 Å². The molecule has 0 radical (unpaired) electrons. The van der Waals surface area contributed by atoms with E-state index in [4.69, 9.17) is 0 Å². The van der Waals surface area contributed by atoms with Gasteiger partial charge in [0.2, 0.25) is 0 Å². The highest BCUT2D eigenvalue weighted by Gasteiger charge is 2.42. The number of halogens is 4. The Morgan fingerprint density at radius 1 is 1.18 bits per heavy atom. The standard InChI is InChI=1S/C16H17F4NO/c1-21-10-5-6-11(21)8-9(7-10)15(22)12-3-2-4-13(14(12)17)16(18,19)20/h2-4,9-11H,5-8H2,1H3. The summed E-state index contributed by atoms with van der Waals surface area (Å²) in [4.78, 5) is 14.7. The van der Waals surface area contributed by atoms with Gasteiger partial charge >= 0.3 is 6.18 Å². The van der Waals surface area contributed by atoms with Crippen molar-refractivity contribution in [2.45, 2.75) is 43.9 Å². The van der Waals surface area contributed by atoms with Crippen LogP contribution in [0, 0.1) is 11.7 Å². The smallest absolute Gasteiger partial charge is 0.300 e. The van der Waals surface area contributed by atoms with Crippen molar-refractivity contribution in [3.05, 3.63) is 35.1 Å². The topological polar surface area (TPSA) is 20.3 Å². The Labute approximate surface area is 126 Å². The fourth-order valence-electron chi connectivity index (χ4n) is 3.79. The highest BCUT2D eigenvalue weighted by molar-refractivity contribution is 5.98. The molecule has 2 bridgehead atoms. The molecular formula is C16H17F4NO. The van der Waals surface area contributed by atoms with E-state index in [0.717, 1.165) is 25.0 Å². The zero-order valence-electron chi connectivity index (χ0n) is 12.2. The normalized spacial score (nSPS) is 28.9. The van der Waals surface area contributed by atoms with Gasteiger partial charge in [0, 0.05) is 18.0 Å². The molecule has 0 saturated carbocycles. The molecule has 0 N–H and O–H groups in total. The predicted octanol–water partition coefficient (Wildman–Crippen LogP) is 3.90. The first-order valence-electron chi connectivity index (χ1n) is 7.41. The Morgan fingerprint density at radius 2 is 1.77 bits per heavy atom. The van der Waals surface area contributed by atoms with E-state index in [1.165, 1.54) is 0 Å². The van der Waals surface area contributed by atoms with Gasteiger partial charge in [0.15, 0.2) is 5.78 Å². The van der Waals surface area contributed by atoms with E-state index in [9.17, 15) is 22.4 Å². The summed E-state index contributed by atoms with van der Waals surface area (Å²) in [5.41, 5.74) is -1.79. The third kappa shape index (κ3) is 2.53. The van der Waals surface area contributed by atoms with Crippen LogP contribution in [0.5, 0.6) is 0 Å². The molecule has 0 spiro atoms. The molecule has 2 nitrogen and oxygen atoms in total. The zero-order valence-corrected chi connectivity index (χ0v) is 12.2. The maximum absolute atomic E-state index is 14.1. The number of alkyl halides is 3. The molecule has 6 heteroatoms. The van der Waals surface area contributed by atoms with Crippen LogP contribution in [0.15, 0.2) is 18.2 Å². The summed E-state index contributed by atoms with van der Waals surface area (Å²) >= 11 is 0. The van der Waals surface area contributed by atoms with Crippen molar-refractivity contribution in [1.82, 2.24) is 4.90 Å². The van der Waals surface area contributed by atoms with Crippen molar-refractivity contribution >= 4 is 5.78 Å². The van der Waals surface area contributed by atoms with Gasteiger partial charge < -0.3 is 4.90 Å². The Bertz CT molecular complexity index is 584. The van der Waals surface area contributed by atoms with Gasteiger partial charge in [-0.15, -0.1) is 0 Å². The molecule has 1 aromatic rings. The SMILES string of the molecule is CN1C2CCC1CC(C(=O)c1cccc(C(F)(F)F)c1F)C2. The van der Waals surface area contributed by atoms with E-state index in [-0.39, 0.29) is 18.0 Å². The third-order valence-corrected chi connectivity index (χ3v) is 5.04. The molecule has 2 heterocycles. The van der Waals surface area contributed by atoms with E-state index in [2.05, 4.69) is 4.90 Å². The second-order valence-corrected chi connectivity index (χ2v) is 6.25. The van der Waals surface area contributed by atoms with Gasteiger partial charge in [-0.25, -0.2) is 4.39 Å². The van der Waals surface area contributed by atoms with Crippen molar-refractivity contribution < 1.29 is 22.4 Å². The first-order chi connectivity index (χ1) is 10.3. The Hall–Kier alpha value is -1.43. The van der Waals surface area contributed by atoms with E-state index in [1.807, 2.05) is 7.05 Å². The molecule has 3 rings (SSSR count). The molecule has 2 saturated heterocycles. The van der Waals surface area contributed by atoms with Gasteiger partial charge in [-0.1, -0.05) is 6.07 Å². The Balaban J connectivity index is 1.87. The molecule has 2 fully saturated rings. The molecule has 2 unspecified atom stereocenters. The Kier molecular flexibility index (Phi) is 3.75. The average Bonchev–Trinajstić information content (AvgIpc) is 2.67. The molecule has 0 aromatic heterocycles. The van der Waals surface area contributed by atoms with Gasteiger partial charge in [-0.3, -0.25) is 4.79 Å². The van der Waals surface area contributed by atoms with E-state index in [0.29, 0.717) is 18.9 Å². The summed E-state index contributed by atoms with van der Waals surface area (Å²) < 4.78 is 52.4. The van der Waals surface area contributed by atoms with Crippen LogP contribution in [-0.2, 0) is 6.18 Å². The van der Waals surface area contributed by atoms with Crippen LogP contribution in [-0.4, -0.2) is 29.8 Å². The fourth-order valence-corrected chi connectivity index (χ4v) is 3.79. The molecule has 22 heavy (non-hydrogen) atoms. The van der Waals surface area contributed by atoms with E-state index < -0.39 is 28.9 Å². The molecule has 0 amide bonds. The number of nitrogens with zero attached hydrogens (tertiary/aromatic N) is 1. The maximum Gasteiger partial charge on any atom is 0.419 e. The number of Topliss-reactive ketones (excluding diaryl/α,β-unsaturated/α-hetero) is 1. The molecular weight excluding hydrogens is 298 g/mol. The molecule has 2 atom stereocenters. The molecule has 0 aliphatic carbocycles. The van der Waals surface area contributed by atoms with E-state index >= 15 is 0 Å². The minimum absolute atomic E-state index is 0.279. The quantitative estimate of drug-likeness (QED) is 0.609. The lowest BCUT2D eigenvalue weighted by molar-refractivity contribution is -0.140. The highest BCUT2D eigenvalue weighted by atomic mass is 19.4. The number of piperidine rings is 1. The maximum atomic E-state index is 14.1. The van der Waals surface area contributed by atoms with Crippen molar-refractivity contribution in [3.8, 4) is 0 Å². The van der Waals surface area contributed by atoms with Crippen molar-refractivity contribution in [2.75, 3.05) is 7.05 Å². The van der Waals surface area contributed by atoms with Crippen LogP contribution in [0.4, 0.5) is 17.6 Å². The number of benzene rings is 1. The Morgan fingerprint density at radius 3 is 2.32 bits per heavy atom. The summed E-state index contributed by atoms with van der Waals surface area (Å²) in [5.74, 6) is -2.31. The minimum atomic E-state index is -4.79. The predicted molar refractivity (Wildman–Crippen MR) is 73.0 cm³/mol. The largest absolute Gasteiger partial charge is 0.419 e. The number of hydrogen-bond donors (Lipinski definition) is 0. The lowest BCUT2D eigenvalue weighted by Gasteiger charge is -2.35. The highest BCUT2D eigenvalue weighted by Crippen LogP contribution is 2.40. The molecule has 2 aliphatic rings. The van der Waals surface area contributed by atoms with Gasteiger partial charge in [0.25, 0.3) is 0 Å². The second kappa shape index (κ2) is 5.33. The van der Waals surface area contributed by atoms with Gasteiger partial charge in [-0.05, 0) is 44.9 Å². The van der Waals surface area contributed by atoms with Gasteiger partial charge in [0.1, 0.15) is 5.82 Å². The van der Waals surface area contributed by atoms with Crippen LogP contribution in [0.2, 0.25) is 0 Å². The van der Waals surface area contributed by atoms with Crippen LogP contribution in [0.3, 0.4) is 0 Å². The first kappa shape index (κ1) is 15.5. The number of ketones is 1. The summed E-state index contributed by atoms with van der Waals surface area (Å²) in [6.07, 6.45) is -1.60. The van der Waals surface area contributed by atoms with Crippen LogP contribution in [0.1, 0.15) is 41.6 Å². The number of hydrogen-bond acceptors (Lipinski definition) is 2. The van der Waals surface area contributed by atoms with Gasteiger partial charge in [-0.2, -0.15) is 13.2 Å². The number of carbonyl (C=O) groups excluding carboxylic acids is 1. The summed E-state index contributed by atoms with van der Waals surface area (Å²) in [6.45, 7) is 0. The fraction of sp³-hybridized carbons (Fsp3) is 0.562. The van der Waals surface area contributed by atoms with Crippen molar-refractivity contribution in [3.63, 3.8) is 0 Å². The average molecular weight is 315 g/mol. The molecule has 120 valence electrons. The van der Waals surface area contributed by atoms with Crippen LogP contribution >= 0.6 is 0 Å². The summed E-state index contributed by atoms with van der Waals surface area (Å²) in [7, 11) is 2.01. The third-order valence-electron chi connectivity index (χ3n) is 5.04. The van der Waals surface area contributed by atoms with Crippen molar-refractivity contribution in [2.24, 2.45) is 5.92 Å². The number of fused-ring (bicyclic) bond motifs is 2. The zero-order chi connectivity index (χ0) is 16.1. The first-order valence-corrected chi connectivity index (χ1v) is 7.41. The minimum Gasteiger partial charge on any atom is -0.300 e. The van der Waals surface area contributed by atoms with Crippen LogP contribution < -0.4 is 0 Å². The second-order valence-electron chi connectivity index (χ2n) is 6.25. The summed E-state index contributed by atoms with van der Waals surface area (Å²) in [6, 6.07) is 3.49. The summed E-state index contributed by atoms with van der Waals surface area (Å²) in [5, 5.41) is 0. The number of rotatable bonds is 2. The molecule has 1 aromatic carbocycles. The van der Waals surface area contributed by atoms with Crippen molar-refractivity contribution in [1.29, 1.82) is 0 Å². The lowest BCUT2D eigenvalue weighted by Crippen LogP contribution is -2.42. The van der Waals surface area contributed by atoms with E-state index in [1.54, 1.807) is 0 Å².